The monoisotopic (exact) mass is 327 g/mol. The highest BCUT2D eigenvalue weighted by Crippen LogP contribution is 2.37. The van der Waals surface area contributed by atoms with Crippen molar-refractivity contribution in [3.05, 3.63) is 23.7 Å². The molecule has 0 aliphatic carbocycles. The number of rotatable bonds is 3. The van der Waals surface area contributed by atoms with Gasteiger partial charge in [0.25, 0.3) is 0 Å². The Morgan fingerprint density at radius 1 is 1.25 bits per heavy atom. The standard InChI is InChI=1S/C16H21N7O/c1-9(2)16-20-13(21-24-16)12-6-5-7-23(12)15-11-8-17-22(4)14(11)18-10(3)19-15/h8-9,12H,5-7H2,1-4H3/t12-/m1/s1. The van der Waals surface area contributed by atoms with Gasteiger partial charge in [-0.1, -0.05) is 19.0 Å². The molecule has 3 aromatic heterocycles. The van der Waals surface area contributed by atoms with E-state index in [1.165, 1.54) is 0 Å². The zero-order valence-corrected chi connectivity index (χ0v) is 14.4. The van der Waals surface area contributed by atoms with Gasteiger partial charge in [0.05, 0.1) is 17.6 Å². The second-order valence-corrected chi connectivity index (χ2v) is 6.60. The molecule has 1 aliphatic rings. The highest BCUT2D eigenvalue weighted by molar-refractivity contribution is 5.87. The first kappa shape index (κ1) is 15.0. The van der Waals surface area contributed by atoms with Gasteiger partial charge in [-0.3, -0.25) is 4.68 Å². The summed E-state index contributed by atoms with van der Waals surface area (Å²) in [5.41, 5.74) is 0.846. The maximum atomic E-state index is 5.40. The van der Waals surface area contributed by atoms with Crippen molar-refractivity contribution in [3.8, 4) is 0 Å². The van der Waals surface area contributed by atoms with Crippen LogP contribution in [0.15, 0.2) is 10.7 Å². The number of anilines is 1. The fourth-order valence-corrected chi connectivity index (χ4v) is 3.24. The molecule has 4 rings (SSSR count). The summed E-state index contributed by atoms with van der Waals surface area (Å²) in [7, 11) is 1.90. The van der Waals surface area contributed by atoms with Crippen LogP contribution in [-0.2, 0) is 7.05 Å². The van der Waals surface area contributed by atoms with Gasteiger partial charge in [0.2, 0.25) is 5.89 Å². The van der Waals surface area contributed by atoms with Gasteiger partial charge in [0.15, 0.2) is 11.5 Å². The topological polar surface area (TPSA) is 85.8 Å². The van der Waals surface area contributed by atoms with Crippen molar-refractivity contribution in [2.24, 2.45) is 7.05 Å². The Bertz CT molecular complexity index is 882. The molecule has 8 heteroatoms. The van der Waals surface area contributed by atoms with Crippen LogP contribution in [0.4, 0.5) is 5.82 Å². The first-order valence-corrected chi connectivity index (χ1v) is 8.31. The van der Waals surface area contributed by atoms with Crippen LogP contribution in [0.5, 0.6) is 0 Å². The van der Waals surface area contributed by atoms with Crippen LogP contribution in [-0.4, -0.2) is 36.4 Å². The first-order valence-electron chi connectivity index (χ1n) is 8.31. The summed E-state index contributed by atoms with van der Waals surface area (Å²) >= 11 is 0. The molecule has 0 spiro atoms. The molecule has 1 atom stereocenters. The lowest BCUT2D eigenvalue weighted by molar-refractivity contribution is 0.358. The lowest BCUT2D eigenvalue weighted by Crippen LogP contribution is -2.25. The van der Waals surface area contributed by atoms with E-state index in [2.05, 4.69) is 44.0 Å². The lowest BCUT2D eigenvalue weighted by atomic mass is 10.2. The molecule has 3 aromatic rings. The minimum Gasteiger partial charge on any atom is -0.345 e. The summed E-state index contributed by atoms with van der Waals surface area (Å²) in [5.74, 6) is 3.30. The summed E-state index contributed by atoms with van der Waals surface area (Å²) < 4.78 is 7.18. The van der Waals surface area contributed by atoms with Crippen LogP contribution in [0, 0.1) is 6.92 Å². The smallest absolute Gasteiger partial charge is 0.229 e. The predicted octanol–water partition coefficient (Wildman–Crippen LogP) is 2.52. The third kappa shape index (κ3) is 2.33. The molecule has 0 bridgehead atoms. The molecule has 0 unspecified atom stereocenters. The van der Waals surface area contributed by atoms with Crippen LogP contribution < -0.4 is 4.90 Å². The van der Waals surface area contributed by atoms with Crippen molar-refractivity contribution in [2.45, 2.75) is 45.6 Å². The summed E-state index contributed by atoms with van der Waals surface area (Å²) in [6.45, 7) is 6.93. The second kappa shape index (κ2) is 5.54. The quantitative estimate of drug-likeness (QED) is 0.730. The minimum atomic E-state index is 0.0824. The van der Waals surface area contributed by atoms with E-state index in [-0.39, 0.29) is 12.0 Å². The van der Waals surface area contributed by atoms with Gasteiger partial charge < -0.3 is 9.42 Å². The average molecular weight is 327 g/mol. The zero-order chi connectivity index (χ0) is 16.8. The Morgan fingerprint density at radius 3 is 2.83 bits per heavy atom. The molecule has 126 valence electrons. The van der Waals surface area contributed by atoms with Crippen LogP contribution in [0.25, 0.3) is 11.0 Å². The van der Waals surface area contributed by atoms with E-state index >= 15 is 0 Å². The molecule has 0 amide bonds. The van der Waals surface area contributed by atoms with Crippen molar-refractivity contribution in [2.75, 3.05) is 11.4 Å². The largest absolute Gasteiger partial charge is 0.345 e. The molecule has 4 heterocycles. The van der Waals surface area contributed by atoms with Crippen LogP contribution in [0.1, 0.15) is 56.2 Å². The SMILES string of the molecule is Cc1nc(N2CCC[C@@H]2c2noc(C(C)C)n2)c2cnn(C)c2n1. The van der Waals surface area contributed by atoms with Gasteiger partial charge in [-0.25, -0.2) is 9.97 Å². The molecule has 1 aliphatic heterocycles. The van der Waals surface area contributed by atoms with Gasteiger partial charge >= 0.3 is 0 Å². The third-order valence-electron chi connectivity index (χ3n) is 4.46. The van der Waals surface area contributed by atoms with E-state index in [9.17, 15) is 0 Å². The number of aromatic nitrogens is 6. The van der Waals surface area contributed by atoms with Gasteiger partial charge in [-0.15, -0.1) is 0 Å². The number of aryl methyl sites for hydroxylation is 2. The average Bonchev–Trinajstić information content (AvgIpc) is 3.25. The van der Waals surface area contributed by atoms with Crippen molar-refractivity contribution < 1.29 is 4.52 Å². The minimum absolute atomic E-state index is 0.0824. The Morgan fingerprint density at radius 2 is 2.08 bits per heavy atom. The Labute approximate surface area is 139 Å². The first-order chi connectivity index (χ1) is 11.5. The van der Waals surface area contributed by atoms with E-state index in [1.54, 1.807) is 4.68 Å². The van der Waals surface area contributed by atoms with E-state index in [0.717, 1.165) is 47.9 Å². The Kier molecular flexibility index (Phi) is 3.47. The molecule has 0 saturated carbocycles. The molecule has 0 radical (unpaired) electrons. The van der Waals surface area contributed by atoms with Crippen LogP contribution >= 0.6 is 0 Å². The molecule has 0 N–H and O–H groups in total. The highest BCUT2D eigenvalue weighted by atomic mass is 16.5. The summed E-state index contributed by atoms with van der Waals surface area (Å²) in [6, 6.07) is 0.0824. The van der Waals surface area contributed by atoms with E-state index in [1.807, 2.05) is 20.2 Å². The number of hydrogen-bond donors (Lipinski definition) is 0. The second-order valence-electron chi connectivity index (χ2n) is 6.60. The van der Waals surface area contributed by atoms with Gasteiger partial charge in [-0.2, -0.15) is 10.1 Å². The number of nitrogens with zero attached hydrogens (tertiary/aromatic N) is 7. The summed E-state index contributed by atoms with van der Waals surface area (Å²) in [6.07, 6.45) is 3.89. The Hall–Kier alpha value is -2.51. The van der Waals surface area contributed by atoms with Crippen molar-refractivity contribution in [1.82, 2.24) is 29.9 Å². The fraction of sp³-hybridized carbons (Fsp3) is 0.562. The Balaban J connectivity index is 1.77. The van der Waals surface area contributed by atoms with Gasteiger partial charge in [0.1, 0.15) is 11.6 Å². The van der Waals surface area contributed by atoms with Gasteiger partial charge in [-0.05, 0) is 19.8 Å². The van der Waals surface area contributed by atoms with Crippen molar-refractivity contribution in [3.63, 3.8) is 0 Å². The van der Waals surface area contributed by atoms with E-state index in [0.29, 0.717) is 5.89 Å². The van der Waals surface area contributed by atoms with E-state index in [4.69, 9.17) is 4.52 Å². The molecule has 24 heavy (non-hydrogen) atoms. The molecule has 1 fully saturated rings. The summed E-state index contributed by atoms with van der Waals surface area (Å²) in [4.78, 5) is 16.0. The lowest BCUT2D eigenvalue weighted by Gasteiger charge is -2.24. The third-order valence-corrected chi connectivity index (χ3v) is 4.46. The van der Waals surface area contributed by atoms with Crippen LogP contribution in [0.2, 0.25) is 0 Å². The fourth-order valence-electron chi connectivity index (χ4n) is 3.24. The molecule has 1 saturated heterocycles. The maximum Gasteiger partial charge on any atom is 0.229 e. The predicted molar refractivity (Wildman–Crippen MR) is 88.7 cm³/mol. The summed E-state index contributed by atoms with van der Waals surface area (Å²) in [5, 5.41) is 9.50. The van der Waals surface area contributed by atoms with Gasteiger partial charge in [0, 0.05) is 19.5 Å². The maximum absolute atomic E-state index is 5.40. The van der Waals surface area contributed by atoms with Crippen LogP contribution in [0.3, 0.4) is 0 Å². The molecule has 0 aromatic carbocycles. The number of hydrogen-bond acceptors (Lipinski definition) is 7. The van der Waals surface area contributed by atoms with Crippen molar-refractivity contribution >= 4 is 16.9 Å². The normalized spacial score (nSPS) is 18.2. The molecule has 8 nitrogen and oxygen atoms in total. The zero-order valence-electron chi connectivity index (χ0n) is 14.4. The van der Waals surface area contributed by atoms with Crippen molar-refractivity contribution in [1.29, 1.82) is 0 Å². The number of fused-ring (bicyclic) bond motifs is 1. The highest BCUT2D eigenvalue weighted by Gasteiger charge is 2.33. The molecular formula is C16H21N7O. The van der Waals surface area contributed by atoms with E-state index < -0.39 is 0 Å². The molecular weight excluding hydrogens is 306 g/mol.